The van der Waals surface area contributed by atoms with Gasteiger partial charge in [-0.3, -0.25) is 0 Å². The van der Waals surface area contributed by atoms with Crippen LogP contribution in [0.15, 0.2) is 36.0 Å². The van der Waals surface area contributed by atoms with Gasteiger partial charge in [0.25, 0.3) is 0 Å². The van der Waals surface area contributed by atoms with Crippen molar-refractivity contribution in [3.05, 3.63) is 36.0 Å². The number of aromatic nitrogens is 4. The first-order valence-electron chi connectivity index (χ1n) is 7.28. The van der Waals surface area contributed by atoms with Crippen molar-refractivity contribution in [2.24, 2.45) is 0 Å². The standard InChI is InChI=1S/C16H15N5S/c1-2-7-17-15-13-16(19-9-18-15)21-14(20-13)11-8-22-12-6-4-3-5-10(11)12/h3-6,8-9H,2,7H2,1H3,(H2,17,18,19,20,21). The molecule has 0 amide bonds. The van der Waals surface area contributed by atoms with Crippen LogP contribution in [0.3, 0.4) is 0 Å². The van der Waals surface area contributed by atoms with Gasteiger partial charge < -0.3 is 10.3 Å². The van der Waals surface area contributed by atoms with Crippen molar-refractivity contribution in [2.45, 2.75) is 13.3 Å². The Morgan fingerprint density at radius 3 is 3.05 bits per heavy atom. The summed E-state index contributed by atoms with van der Waals surface area (Å²) in [6.45, 7) is 3.00. The number of imidazole rings is 1. The molecule has 0 radical (unpaired) electrons. The molecule has 4 aromatic rings. The number of thiophene rings is 1. The molecule has 0 saturated heterocycles. The molecule has 0 aliphatic carbocycles. The predicted molar refractivity (Wildman–Crippen MR) is 91.3 cm³/mol. The van der Waals surface area contributed by atoms with Crippen LogP contribution >= 0.6 is 11.3 Å². The smallest absolute Gasteiger partial charge is 0.183 e. The largest absolute Gasteiger partial charge is 0.368 e. The van der Waals surface area contributed by atoms with Gasteiger partial charge >= 0.3 is 0 Å². The van der Waals surface area contributed by atoms with Crippen LogP contribution in [-0.4, -0.2) is 26.5 Å². The molecule has 5 nitrogen and oxygen atoms in total. The van der Waals surface area contributed by atoms with E-state index in [1.165, 1.54) is 10.1 Å². The van der Waals surface area contributed by atoms with Gasteiger partial charge in [-0.2, -0.15) is 0 Å². The van der Waals surface area contributed by atoms with Crippen molar-refractivity contribution in [1.82, 2.24) is 19.9 Å². The van der Waals surface area contributed by atoms with Gasteiger partial charge in [-0.05, 0) is 12.5 Å². The summed E-state index contributed by atoms with van der Waals surface area (Å²) in [5, 5.41) is 6.66. The van der Waals surface area contributed by atoms with Crippen molar-refractivity contribution in [3.8, 4) is 11.4 Å². The Bertz CT molecular complexity index is 940. The third-order valence-corrected chi connectivity index (χ3v) is 4.53. The maximum atomic E-state index is 4.63. The highest BCUT2D eigenvalue weighted by Crippen LogP contribution is 2.33. The number of anilines is 1. The van der Waals surface area contributed by atoms with E-state index in [0.29, 0.717) is 5.65 Å². The number of nitrogens with zero attached hydrogens (tertiary/aromatic N) is 3. The summed E-state index contributed by atoms with van der Waals surface area (Å²) in [6.07, 6.45) is 2.60. The Hall–Kier alpha value is -2.47. The maximum Gasteiger partial charge on any atom is 0.183 e. The summed E-state index contributed by atoms with van der Waals surface area (Å²) >= 11 is 1.73. The number of aromatic amines is 1. The normalized spacial score (nSPS) is 11.3. The van der Waals surface area contributed by atoms with Gasteiger partial charge in [0.05, 0.1) is 0 Å². The third kappa shape index (κ3) is 2.12. The fourth-order valence-corrected chi connectivity index (χ4v) is 3.44. The van der Waals surface area contributed by atoms with Crippen LogP contribution in [0.4, 0.5) is 5.82 Å². The van der Waals surface area contributed by atoms with E-state index in [1.807, 2.05) is 0 Å². The van der Waals surface area contributed by atoms with E-state index < -0.39 is 0 Å². The van der Waals surface area contributed by atoms with E-state index in [1.54, 1.807) is 17.7 Å². The number of hydrogen-bond acceptors (Lipinski definition) is 5. The Balaban J connectivity index is 1.86. The molecule has 0 atom stereocenters. The minimum Gasteiger partial charge on any atom is -0.368 e. The van der Waals surface area contributed by atoms with Crippen LogP contribution in [0, 0.1) is 0 Å². The zero-order chi connectivity index (χ0) is 14.9. The molecule has 0 aliphatic heterocycles. The molecule has 0 saturated carbocycles. The minimum absolute atomic E-state index is 0.693. The van der Waals surface area contributed by atoms with Gasteiger partial charge in [0.15, 0.2) is 11.5 Å². The molecule has 3 aromatic heterocycles. The highest BCUT2D eigenvalue weighted by molar-refractivity contribution is 7.17. The molecule has 22 heavy (non-hydrogen) atoms. The molecule has 3 heterocycles. The van der Waals surface area contributed by atoms with Gasteiger partial charge in [0.1, 0.15) is 17.7 Å². The van der Waals surface area contributed by atoms with Gasteiger partial charge in [-0.15, -0.1) is 11.3 Å². The van der Waals surface area contributed by atoms with Crippen molar-refractivity contribution in [3.63, 3.8) is 0 Å². The zero-order valence-electron chi connectivity index (χ0n) is 12.1. The number of fused-ring (bicyclic) bond motifs is 2. The minimum atomic E-state index is 0.693. The van der Waals surface area contributed by atoms with E-state index in [2.05, 4.69) is 61.8 Å². The molecular weight excluding hydrogens is 294 g/mol. The van der Waals surface area contributed by atoms with Gasteiger partial charge in [0.2, 0.25) is 0 Å². The number of rotatable bonds is 4. The van der Waals surface area contributed by atoms with Crippen molar-refractivity contribution < 1.29 is 0 Å². The molecule has 6 heteroatoms. The first-order chi connectivity index (χ1) is 10.9. The van der Waals surface area contributed by atoms with Crippen molar-refractivity contribution >= 4 is 38.4 Å². The van der Waals surface area contributed by atoms with Gasteiger partial charge in [-0.25, -0.2) is 15.0 Å². The third-order valence-electron chi connectivity index (χ3n) is 3.57. The molecule has 0 aliphatic rings. The average Bonchev–Trinajstić information content (AvgIpc) is 3.16. The Morgan fingerprint density at radius 2 is 2.14 bits per heavy atom. The van der Waals surface area contributed by atoms with Crippen LogP contribution in [0.1, 0.15) is 13.3 Å². The van der Waals surface area contributed by atoms with Crippen LogP contribution < -0.4 is 5.32 Å². The quantitative estimate of drug-likeness (QED) is 0.596. The highest BCUT2D eigenvalue weighted by Gasteiger charge is 2.13. The van der Waals surface area contributed by atoms with E-state index in [-0.39, 0.29) is 0 Å². The van der Waals surface area contributed by atoms with Crippen LogP contribution in [0.2, 0.25) is 0 Å². The van der Waals surface area contributed by atoms with E-state index >= 15 is 0 Å². The van der Waals surface area contributed by atoms with Crippen molar-refractivity contribution in [2.75, 3.05) is 11.9 Å². The molecular formula is C16H15N5S. The fraction of sp³-hybridized carbons (Fsp3) is 0.188. The van der Waals surface area contributed by atoms with E-state index in [9.17, 15) is 0 Å². The van der Waals surface area contributed by atoms with E-state index in [0.717, 1.165) is 35.7 Å². The van der Waals surface area contributed by atoms with Gasteiger partial charge in [0, 0.05) is 27.6 Å². The zero-order valence-corrected chi connectivity index (χ0v) is 12.9. The second-order valence-corrected chi connectivity index (χ2v) is 5.99. The summed E-state index contributed by atoms with van der Waals surface area (Å²) in [5.74, 6) is 1.65. The Morgan fingerprint density at radius 1 is 1.23 bits per heavy atom. The number of nitrogens with one attached hydrogen (secondary N) is 2. The first-order valence-corrected chi connectivity index (χ1v) is 8.16. The average molecular weight is 309 g/mol. The summed E-state index contributed by atoms with van der Waals surface area (Å²) in [6, 6.07) is 8.35. The van der Waals surface area contributed by atoms with Crippen LogP contribution in [0.25, 0.3) is 32.6 Å². The molecule has 4 rings (SSSR count). The summed E-state index contributed by atoms with van der Waals surface area (Å²) < 4.78 is 1.26. The van der Waals surface area contributed by atoms with Crippen molar-refractivity contribution in [1.29, 1.82) is 0 Å². The highest BCUT2D eigenvalue weighted by atomic mass is 32.1. The summed E-state index contributed by atoms with van der Waals surface area (Å²) in [7, 11) is 0. The molecule has 0 spiro atoms. The molecule has 0 unspecified atom stereocenters. The lowest BCUT2D eigenvalue weighted by molar-refractivity contribution is 0.968. The summed E-state index contributed by atoms with van der Waals surface area (Å²) in [5.41, 5.74) is 2.67. The molecule has 0 fully saturated rings. The second-order valence-electron chi connectivity index (χ2n) is 5.08. The maximum absolute atomic E-state index is 4.63. The lowest BCUT2D eigenvalue weighted by atomic mass is 10.2. The SMILES string of the molecule is CCCNc1ncnc2nc(-c3csc4ccccc34)[nH]c12. The Labute approximate surface area is 131 Å². The summed E-state index contributed by atoms with van der Waals surface area (Å²) in [4.78, 5) is 16.6. The van der Waals surface area contributed by atoms with E-state index in [4.69, 9.17) is 0 Å². The van der Waals surface area contributed by atoms with Crippen LogP contribution in [-0.2, 0) is 0 Å². The lowest BCUT2D eigenvalue weighted by Crippen LogP contribution is -2.02. The lowest BCUT2D eigenvalue weighted by Gasteiger charge is -2.02. The number of hydrogen-bond donors (Lipinski definition) is 2. The second kappa shape index (κ2) is 5.38. The molecule has 0 bridgehead atoms. The number of benzene rings is 1. The molecule has 1 aromatic carbocycles. The number of H-pyrrole nitrogens is 1. The Kier molecular flexibility index (Phi) is 3.23. The van der Waals surface area contributed by atoms with Gasteiger partial charge in [-0.1, -0.05) is 25.1 Å². The topological polar surface area (TPSA) is 66.5 Å². The fourth-order valence-electron chi connectivity index (χ4n) is 2.49. The predicted octanol–water partition coefficient (Wildman–Crippen LogP) is 4.06. The molecule has 2 N–H and O–H groups in total. The monoisotopic (exact) mass is 309 g/mol. The van der Waals surface area contributed by atoms with Crippen LogP contribution in [0.5, 0.6) is 0 Å². The first kappa shape index (κ1) is 13.2. The molecule has 110 valence electrons.